The SMILES string of the molecule is C[C@H](c1nc(C2CC2)no1)N1CCC(C(N)=O)CC1. The summed E-state index contributed by atoms with van der Waals surface area (Å²) < 4.78 is 5.36. The van der Waals surface area contributed by atoms with Crippen molar-refractivity contribution < 1.29 is 9.32 Å². The van der Waals surface area contributed by atoms with Crippen LogP contribution in [-0.4, -0.2) is 34.0 Å². The minimum atomic E-state index is -0.180. The lowest BCUT2D eigenvalue weighted by Crippen LogP contribution is -2.39. The molecular formula is C13H20N4O2. The van der Waals surface area contributed by atoms with Crippen molar-refractivity contribution in [2.45, 2.75) is 44.6 Å². The summed E-state index contributed by atoms with van der Waals surface area (Å²) in [5.74, 6) is 1.91. The van der Waals surface area contributed by atoms with Gasteiger partial charge in [-0.1, -0.05) is 5.16 Å². The maximum atomic E-state index is 11.1. The van der Waals surface area contributed by atoms with Gasteiger partial charge in [-0.25, -0.2) is 0 Å². The summed E-state index contributed by atoms with van der Waals surface area (Å²) in [5, 5.41) is 4.05. The maximum absolute atomic E-state index is 11.1. The Morgan fingerprint density at radius 1 is 1.37 bits per heavy atom. The molecule has 2 aliphatic rings. The van der Waals surface area contributed by atoms with Crippen LogP contribution in [0.25, 0.3) is 0 Å². The molecule has 0 radical (unpaired) electrons. The van der Waals surface area contributed by atoms with E-state index >= 15 is 0 Å². The van der Waals surface area contributed by atoms with Crippen molar-refractivity contribution in [2.75, 3.05) is 13.1 Å². The topological polar surface area (TPSA) is 85.2 Å². The molecule has 1 amide bonds. The summed E-state index contributed by atoms with van der Waals surface area (Å²) in [5.41, 5.74) is 5.35. The lowest BCUT2D eigenvalue weighted by atomic mass is 9.95. The van der Waals surface area contributed by atoms with Crippen molar-refractivity contribution >= 4 is 5.91 Å². The number of likely N-dealkylation sites (tertiary alicyclic amines) is 1. The maximum Gasteiger partial charge on any atom is 0.243 e. The average Bonchev–Trinajstić information content (AvgIpc) is 3.16. The largest absolute Gasteiger partial charge is 0.369 e. The standard InChI is InChI=1S/C13H20N4O2/c1-8(13-15-12(16-19-13)10-2-3-10)17-6-4-9(5-7-17)11(14)18/h8-10H,2-7H2,1H3,(H2,14,18)/t8-/m1/s1. The van der Waals surface area contributed by atoms with Crippen LogP contribution in [0.4, 0.5) is 0 Å². The summed E-state index contributed by atoms with van der Waals surface area (Å²) in [6.07, 6.45) is 4.00. The molecule has 1 saturated heterocycles. The Morgan fingerprint density at radius 2 is 2.05 bits per heavy atom. The number of carbonyl (C=O) groups excluding carboxylic acids is 1. The number of nitrogens with zero attached hydrogens (tertiary/aromatic N) is 3. The van der Waals surface area contributed by atoms with Crippen LogP contribution in [0.5, 0.6) is 0 Å². The van der Waals surface area contributed by atoms with Gasteiger partial charge in [-0.3, -0.25) is 9.69 Å². The highest BCUT2D eigenvalue weighted by atomic mass is 16.5. The zero-order chi connectivity index (χ0) is 13.4. The van der Waals surface area contributed by atoms with Gasteiger partial charge in [0.25, 0.3) is 0 Å². The van der Waals surface area contributed by atoms with E-state index in [0.717, 1.165) is 31.8 Å². The van der Waals surface area contributed by atoms with Crippen molar-refractivity contribution in [2.24, 2.45) is 11.7 Å². The highest BCUT2D eigenvalue weighted by Gasteiger charge is 2.32. The van der Waals surface area contributed by atoms with E-state index in [1.807, 2.05) is 0 Å². The molecule has 1 aromatic rings. The minimum Gasteiger partial charge on any atom is -0.369 e. The van der Waals surface area contributed by atoms with Crippen molar-refractivity contribution in [3.63, 3.8) is 0 Å². The number of hydrogen-bond donors (Lipinski definition) is 1. The lowest BCUT2D eigenvalue weighted by molar-refractivity contribution is -0.123. The first-order chi connectivity index (χ1) is 9.15. The Morgan fingerprint density at radius 3 is 2.63 bits per heavy atom. The molecule has 2 heterocycles. The van der Waals surface area contributed by atoms with E-state index in [1.165, 1.54) is 12.8 Å². The number of rotatable bonds is 4. The van der Waals surface area contributed by atoms with Crippen LogP contribution >= 0.6 is 0 Å². The number of aromatic nitrogens is 2. The molecule has 1 aromatic heterocycles. The highest BCUT2D eigenvalue weighted by Crippen LogP contribution is 2.38. The summed E-state index contributed by atoms with van der Waals surface area (Å²) in [4.78, 5) is 17.9. The quantitative estimate of drug-likeness (QED) is 0.883. The average molecular weight is 264 g/mol. The predicted octanol–water partition coefficient (Wildman–Crippen LogP) is 1.21. The van der Waals surface area contributed by atoms with Crippen LogP contribution in [0.15, 0.2) is 4.52 Å². The number of carbonyl (C=O) groups is 1. The van der Waals surface area contributed by atoms with Gasteiger partial charge in [-0.2, -0.15) is 4.98 Å². The third-order valence-corrected chi connectivity index (χ3v) is 4.24. The molecule has 1 aliphatic heterocycles. The predicted molar refractivity (Wildman–Crippen MR) is 68.2 cm³/mol. The monoisotopic (exact) mass is 264 g/mol. The second kappa shape index (κ2) is 4.92. The fraction of sp³-hybridized carbons (Fsp3) is 0.769. The highest BCUT2D eigenvalue weighted by molar-refractivity contribution is 5.76. The molecule has 2 N–H and O–H groups in total. The van der Waals surface area contributed by atoms with Gasteiger partial charge in [0.15, 0.2) is 5.82 Å². The van der Waals surface area contributed by atoms with Crippen molar-refractivity contribution in [1.82, 2.24) is 15.0 Å². The van der Waals surface area contributed by atoms with E-state index in [-0.39, 0.29) is 17.9 Å². The molecule has 1 aliphatic carbocycles. The molecule has 3 rings (SSSR count). The van der Waals surface area contributed by atoms with Crippen LogP contribution < -0.4 is 5.73 Å². The van der Waals surface area contributed by atoms with E-state index in [1.54, 1.807) is 0 Å². The Labute approximate surface area is 112 Å². The molecule has 0 aromatic carbocycles. The normalized spacial score (nSPS) is 23.4. The summed E-state index contributed by atoms with van der Waals surface area (Å²) >= 11 is 0. The zero-order valence-electron chi connectivity index (χ0n) is 11.2. The van der Waals surface area contributed by atoms with Crippen LogP contribution in [0, 0.1) is 5.92 Å². The number of piperidine rings is 1. The van der Waals surface area contributed by atoms with E-state index in [9.17, 15) is 4.79 Å². The van der Waals surface area contributed by atoms with Crippen LogP contribution in [0.1, 0.15) is 56.3 Å². The fourth-order valence-corrected chi connectivity index (χ4v) is 2.65. The molecule has 1 saturated carbocycles. The van der Waals surface area contributed by atoms with Crippen LogP contribution in [0.2, 0.25) is 0 Å². The number of primary amides is 1. The van der Waals surface area contributed by atoms with E-state index in [2.05, 4.69) is 22.0 Å². The molecule has 0 bridgehead atoms. The molecule has 6 nitrogen and oxygen atoms in total. The van der Waals surface area contributed by atoms with Crippen molar-refractivity contribution in [3.8, 4) is 0 Å². The van der Waals surface area contributed by atoms with E-state index < -0.39 is 0 Å². The van der Waals surface area contributed by atoms with Gasteiger partial charge < -0.3 is 10.3 Å². The number of amides is 1. The van der Waals surface area contributed by atoms with Gasteiger partial charge in [0, 0.05) is 11.8 Å². The first-order valence-corrected chi connectivity index (χ1v) is 7.02. The smallest absolute Gasteiger partial charge is 0.243 e. The Bertz CT molecular complexity index is 461. The fourth-order valence-electron chi connectivity index (χ4n) is 2.65. The van der Waals surface area contributed by atoms with Crippen LogP contribution in [0.3, 0.4) is 0 Å². The molecule has 0 unspecified atom stereocenters. The third kappa shape index (κ3) is 2.63. The van der Waals surface area contributed by atoms with Gasteiger partial charge in [-0.15, -0.1) is 0 Å². The summed E-state index contributed by atoms with van der Waals surface area (Å²) in [6.45, 7) is 3.79. The van der Waals surface area contributed by atoms with Crippen molar-refractivity contribution in [1.29, 1.82) is 0 Å². The van der Waals surface area contributed by atoms with E-state index in [0.29, 0.717) is 11.8 Å². The van der Waals surface area contributed by atoms with Crippen LogP contribution in [-0.2, 0) is 4.79 Å². The molecule has 2 fully saturated rings. The van der Waals surface area contributed by atoms with Gasteiger partial charge in [0.1, 0.15) is 0 Å². The molecule has 104 valence electrons. The number of nitrogens with two attached hydrogens (primary N) is 1. The second-order valence-electron chi connectivity index (χ2n) is 5.65. The zero-order valence-corrected chi connectivity index (χ0v) is 11.2. The van der Waals surface area contributed by atoms with Gasteiger partial charge in [0.05, 0.1) is 6.04 Å². The number of hydrogen-bond acceptors (Lipinski definition) is 5. The first kappa shape index (κ1) is 12.6. The second-order valence-corrected chi connectivity index (χ2v) is 5.65. The molecular weight excluding hydrogens is 244 g/mol. The Kier molecular flexibility index (Phi) is 3.26. The summed E-state index contributed by atoms with van der Waals surface area (Å²) in [6, 6.07) is 0.119. The summed E-state index contributed by atoms with van der Waals surface area (Å²) in [7, 11) is 0. The minimum absolute atomic E-state index is 0.0214. The van der Waals surface area contributed by atoms with Crippen molar-refractivity contribution in [3.05, 3.63) is 11.7 Å². The van der Waals surface area contributed by atoms with Gasteiger partial charge in [-0.05, 0) is 45.7 Å². The molecule has 6 heteroatoms. The van der Waals surface area contributed by atoms with Gasteiger partial charge >= 0.3 is 0 Å². The van der Waals surface area contributed by atoms with Gasteiger partial charge in [0.2, 0.25) is 11.8 Å². The lowest BCUT2D eigenvalue weighted by Gasteiger charge is -2.33. The van der Waals surface area contributed by atoms with E-state index in [4.69, 9.17) is 10.3 Å². The molecule has 1 atom stereocenters. The third-order valence-electron chi connectivity index (χ3n) is 4.24. The molecule has 19 heavy (non-hydrogen) atoms. The Balaban J connectivity index is 1.60. The molecule has 0 spiro atoms. The first-order valence-electron chi connectivity index (χ1n) is 7.02. The Hall–Kier alpha value is -1.43.